The Labute approximate surface area is 124 Å². The highest BCUT2D eigenvalue weighted by molar-refractivity contribution is 9.10. The van der Waals surface area contributed by atoms with Gasteiger partial charge < -0.3 is 5.32 Å². The monoisotopic (exact) mass is 332 g/mol. The fourth-order valence-electron chi connectivity index (χ4n) is 2.27. The predicted octanol–water partition coefficient (Wildman–Crippen LogP) is 2.36. The van der Waals surface area contributed by atoms with Crippen molar-refractivity contribution >= 4 is 33.2 Å². The molecule has 0 aliphatic carbocycles. The minimum absolute atomic E-state index is 0.140. The van der Waals surface area contributed by atoms with Gasteiger partial charge in [-0.15, -0.1) is 0 Å². The highest BCUT2D eigenvalue weighted by atomic mass is 79.9. The van der Waals surface area contributed by atoms with Gasteiger partial charge in [0.05, 0.1) is 18.0 Å². The maximum atomic E-state index is 12.1. The Morgan fingerprint density at radius 2 is 2.00 bits per heavy atom. The Morgan fingerprint density at radius 3 is 2.70 bits per heavy atom. The lowest BCUT2D eigenvalue weighted by Crippen LogP contribution is -2.29. The van der Waals surface area contributed by atoms with Crippen LogP contribution in [0.5, 0.6) is 0 Å². The van der Waals surface area contributed by atoms with E-state index < -0.39 is 0 Å². The molecule has 0 fully saturated rings. The van der Waals surface area contributed by atoms with Crippen LogP contribution < -0.4 is 5.32 Å². The number of aliphatic imine (C=N–C) groups is 1. The van der Waals surface area contributed by atoms with E-state index in [1.165, 1.54) is 0 Å². The van der Waals surface area contributed by atoms with E-state index >= 15 is 0 Å². The Hall–Kier alpha value is -1.95. The number of aromatic nitrogens is 2. The van der Waals surface area contributed by atoms with Crippen LogP contribution in [0.1, 0.15) is 21.7 Å². The van der Waals surface area contributed by atoms with Gasteiger partial charge in [0.15, 0.2) is 5.69 Å². The second kappa shape index (κ2) is 4.86. The van der Waals surface area contributed by atoms with Crippen molar-refractivity contribution in [2.75, 3.05) is 6.54 Å². The van der Waals surface area contributed by atoms with Gasteiger partial charge in [-0.2, -0.15) is 5.10 Å². The van der Waals surface area contributed by atoms with Crippen molar-refractivity contribution in [1.29, 1.82) is 0 Å². The molecule has 1 N–H and O–H groups in total. The minimum Gasteiger partial charge on any atom is -0.345 e. The number of nitrogens with zero attached hydrogens (tertiary/aromatic N) is 3. The van der Waals surface area contributed by atoms with E-state index in [2.05, 4.69) is 31.3 Å². The number of amides is 1. The van der Waals surface area contributed by atoms with Crippen LogP contribution in [0.15, 0.2) is 33.7 Å². The summed E-state index contributed by atoms with van der Waals surface area (Å²) in [5.41, 5.74) is 3.74. The zero-order valence-electron chi connectivity index (χ0n) is 11.1. The first-order chi connectivity index (χ1) is 9.56. The summed E-state index contributed by atoms with van der Waals surface area (Å²) in [4.78, 5) is 16.8. The molecule has 0 bridgehead atoms. The van der Waals surface area contributed by atoms with E-state index in [4.69, 9.17) is 0 Å². The number of hydrogen-bond acceptors (Lipinski definition) is 3. The third-order valence-corrected chi connectivity index (χ3v) is 3.77. The number of hydrogen-bond donors (Lipinski definition) is 1. The molecule has 102 valence electrons. The van der Waals surface area contributed by atoms with Crippen LogP contribution in [0.25, 0.3) is 0 Å². The molecule has 5 nitrogen and oxygen atoms in total. The molecule has 1 aliphatic rings. The second-order valence-electron chi connectivity index (χ2n) is 4.65. The number of nitrogens with one attached hydrogen (secondary N) is 1. The SMILES string of the molecule is Cc1nn(C)c2c1N=C(c1ccc(Br)cc1)CNC2=O. The molecule has 1 aromatic heterocycles. The first-order valence-corrected chi connectivity index (χ1v) is 7.01. The molecular weight excluding hydrogens is 320 g/mol. The number of rotatable bonds is 1. The van der Waals surface area contributed by atoms with Crippen LogP contribution >= 0.6 is 15.9 Å². The number of carbonyl (C=O) groups is 1. The van der Waals surface area contributed by atoms with Crippen LogP contribution in [0.4, 0.5) is 5.69 Å². The first kappa shape index (κ1) is 13.1. The quantitative estimate of drug-likeness (QED) is 0.871. The molecule has 1 aliphatic heterocycles. The maximum absolute atomic E-state index is 12.1. The van der Waals surface area contributed by atoms with Crippen LogP contribution in [0, 0.1) is 6.92 Å². The normalized spacial score (nSPS) is 14.3. The molecule has 2 aromatic rings. The first-order valence-electron chi connectivity index (χ1n) is 6.21. The van der Waals surface area contributed by atoms with E-state index in [1.54, 1.807) is 11.7 Å². The van der Waals surface area contributed by atoms with E-state index in [1.807, 2.05) is 31.2 Å². The largest absolute Gasteiger partial charge is 0.345 e. The summed E-state index contributed by atoms with van der Waals surface area (Å²) in [6, 6.07) is 7.88. The lowest BCUT2D eigenvalue weighted by Gasteiger charge is -2.05. The zero-order chi connectivity index (χ0) is 14.3. The van der Waals surface area contributed by atoms with Gasteiger partial charge >= 0.3 is 0 Å². The van der Waals surface area contributed by atoms with Gasteiger partial charge in [-0.1, -0.05) is 28.1 Å². The maximum Gasteiger partial charge on any atom is 0.272 e. The number of aryl methyl sites for hydroxylation is 2. The highest BCUT2D eigenvalue weighted by Crippen LogP contribution is 2.26. The van der Waals surface area contributed by atoms with Crippen molar-refractivity contribution < 1.29 is 4.79 Å². The Kier molecular flexibility index (Phi) is 3.17. The van der Waals surface area contributed by atoms with E-state index in [0.717, 1.165) is 21.4 Å². The number of carbonyl (C=O) groups excluding carboxylic acids is 1. The molecule has 20 heavy (non-hydrogen) atoms. The van der Waals surface area contributed by atoms with Crippen LogP contribution in [-0.4, -0.2) is 27.9 Å². The lowest BCUT2D eigenvalue weighted by molar-refractivity contribution is 0.0951. The van der Waals surface area contributed by atoms with Crippen molar-refractivity contribution in [1.82, 2.24) is 15.1 Å². The summed E-state index contributed by atoms with van der Waals surface area (Å²) in [5, 5.41) is 7.14. The minimum atomic E-state index is -0.140. The standard InChI is InChI=1S/C14H13BrN4O/c1-8-12-13(19(2)18-8)14(20)16-7-11(17-12)9-3-5-10(15)6-4-9/h3-6H,7H2,1-2H3,(H,16,20). The van der Waals surface area contributed by atoms with Gasteiger partial charge in [0.25, 0.3) is 5.91 Å². The van der Waals surface area contributed by atoms with Gasteiger partial charge in [-0.25, -0.2) is 4.99 Å². The van der Waals surface area contributed by atoms with Crippen LogP contribution in [-0.2, 0) is 7.05 Å². The molecule has 0 unspecified atom stereocenters. The molecule has 1 amide bonds. The number of benzene rings is 1. The van der Waals surface area contributed by atoms with Crippen molar-refractivity contribution in [3.05, 3.63) is 45.7 Å². The van der Waals surface area contributed by atoms with Crippen molar-refractivity contribution in [2.24, 2.45) is 12.0 Å². The van der Waals surface area contributed by atoms with E-state index in [0.29, 0.717) is 17.9 Å². The smallest absolute Gasteiger partial charge is 0.272 e. The van der Waals surface area contributed by atoms with Crippen LogP contribution in [0.3, 0.4) is 0 Å². The number of fused-ring (bicyclic) bond motifs is 1. The Balaban J connectivity index is 2.12. The van der Waals surface area contributed by atoms with E-state index in [9.17, 15) is 4.79 Å². The summed E-state index contributed by atoms with van der Waals surface area (Å²) in [5.74, 6) is -0.140. The van der Waals surface area contributed by atoms with Gasteiger partial charge in [0.2, 0.25) is 0 Å². The van der Waals surface area contributed by atoms with E-state index in [-0.39, 0.29) is 5.91 Å². The molecule has 0 atom stereocenters. The molecule has 0 radical (unpaired) electrons. The van der Waals surface area contributed by atoms with Crippen LogP contribution in [0.2, 0.25) is 0 Å². The molecule has 0 saturated carbocycles. The summed E-state index contributed by atoms with van der Waals surface area (Å²) in [7, 11) is 1.76. The highest BCUT2D eigenvalue weighted by Gasteiger charge is 2.23. The molecule has 1 aromatic carbocycles. The Bertz CT molecular complexity index is 716. The Morgan fingerprint density at radius 1 is 1.30 bits per heavy atom. The molecule has 2 heterocycles. The van der Waals surface area contributed by atoms with Crippen molar-refractivity contribution in [2.45, 2.75) is 6.92 Å². The molecule has 0 saturated heterocycles. The predicted molar refractivity (Wildman–Crippen MR) is 80.6 cm³/mol. The van der Waals surface area contributed by atoms with Gasteiger partial charge in [0, 0.05) is 11.5 Å². The summed E-state index contributed by atoms with van der Waals surface area (Å²) in [6.07, 6.45) is 0. The fraction of sp³-hybridized carbons (Fsp3) is 0.214. The molecule has 3 rings (SSSR count). The molecular formula is C14H13BrN4O. The second-order valence-corrected chi connectivity index (χ2v) is 5.57. The van der Waals surface area contributed by atoms with Crippen molar-refractivity contribution in [3.63, 3.8) is 0 Å². The zero-order valence-corrected chi connectivity index (χ0v) is 12.7. The summed E-state index contributed by atoms with van der Waals surface area (Å²) in [6.45, 7) is 2.27. The molecule has 0 spiro atoms. The summed E-state index contributed by atoms with van der Waals surface area (Å²) < 4.78 is 2.59. The fourth-order valence-corrected chi connectivity index (χ4v) is 2.53. The lowest BCUT2D eigenvalue weighted by atomic mass is 10.1. The van der Waals surface area contributed by atoms with Gasteiger partial charge in [-0.05, 0) is 24.6 Å². The van der Waals surface area contributed by atoms with Crippen molar-refractivity contribution in [3.8, 4) is 0 Å². The van der Waals surface area contributed by atoms with Gasteiger partial charge in [0.1, 0.15) is 5.69 Å². The van der Waals surface area contributed by atoms with Gasteiger partial charge in [-0.3, -0.25) is 9.48 Å². The third-order valence-electron chi connectivity index (χ3n) is 3.25. The third kappa shape index (κ3) is 2.16. The average molecular weight is 333 g/mol. The molecule has 6 heteroatoms. The summed E-state index contributed by atoms with van der Waals surface area (Å²) >= 11 is 3.41. The number of halogens is 1. The topological polar surface area (TPSA) is 59.3 Å². The average Bonchev–Trinajstić information content (AvgIpc) is 2.59.